The monoisotopic (exact) mass is 514 g/mol. The molecule has 2 aromatic carbocycles. The number of hydrogen-bond acceptors (Lipinski definition) is 5. The normalized spacial score (nSPS) is 11.7. The lowest BCUT2D eigenvalue weighted by Crippen LogP contribution is -2.16. The zero-order valence-corrected chi connectivity index (χ0v) is 19.3. The van der Waals surface area contributed by atoms with E-state index in [0.29, 0.717) is 22.6 Å². The SMILES string of the molecule is C/C(=C/C(=O)Nc1ccc(Br)cn1)C(=O)Nc1ccc(-c2ccccc2S(N)(=O)=O)cc1. The molecule has 0 unspecified atom stereocenters. The highest BCUT2D eigenvalue weighted by Gasteiger charge is 2.15. The van der Waals surface area contributed by atoms with Gasteiger partial charge in [0.25, 0.3) is 5.91 Å². The van der Waals surface area contributed by atoms with Crippen molar-refractivity contribution in [1.82, 2.24) is 4.98 Å². The van der Waals surface area contributed by atoms with E-state index < -0.39 is 21.8 Å². The van der Waals surface area contributed by atoms with Gasteiger partial charge in [0.15, 0.2) is 0 Å². The standard InChI is InChI=1S/C22H19BrN4O4S/c1-14(12-21(28)27-20-11-8-16(23)13-25-20)22(29)26-17-9-6-15(7-10-17)18-4-2-3-5-19(18)32(24,30)31/h2-13H,1H3,(H,26,29)(H2,24,30,31)(H,25,27,28)/b14-12-. The average Bonchev–Trinajstić information content (AvgIpc) is 2.75. The highest BCUT2D eigenvalue weighted by Crippen LogP contribution is 2.27. The lowest BCUT2D eigenvalue weighted by Gasteiger charge is -2.10. The molecule has 0 aliphatic carbocycles. The minimum Gasteiger partial charge on any atom is -0.322 e. The Hall–Kier alpha value is -3.34. The molecule has 1 aromatic heterocycles. The van der Waals surface area contributed by atoms with Gasteiger partial charge in [0.2, 0.25) is 15.9 Å². The van der Waals surface area contributed by atoms with E-state index in [9.17, 15) is 18.0 Å². The van der Waals surface area contributed by atoms with Gasteiger partial charge in [-0.15, -0.1) is 0 Å². The number of hydrogen-bond donors (Lipinski definition) is 3. The Balaban J connectivity index is 1.69. The van der Waals surface area contributed by atoms with Crippen LogP contribution in [0.1, 0.15) is 6.92 Å². The molecule has 0 atom stereocenters. The average molecular weight is 515 g/mol. The number of amides is 2. The van der Waals surface area contributed by atoms with Gasteiger partial charge in [-0.05, 0) is 58.7 Å². The Labute approximate surface area is 193 Å². The van der Waals surface area contributed by atoms with E-state index in [0.717, 1.165) is 4.47 Å². The maximum atomic E-state index is 12.4. The van der Waals surface area contributed by atoms with Crippen LogP contribution in [0.15, 0.2) is 87.9 Å². The quantitative estimate of drug-likeness (QED) is 0.431. The fourth-order valence-electron chi connectivity index (χ4n) is 2.79. The predicted molar refractivity (Wildman–Crippen MR) is 126 cm³/mol. The second-order valence-corrected chi connectivity index (χ2v) is 9.20. The zero-order valence-electron chi connectivity index (χ0n) is 16.9. The third kappa shape index (κ3) is 6.10. The minimum absolute atomic E-state index is 0.0156. The molecule has 0 bridgehead atoms. The molecule has 0 spiro atoms. The summed E-state index contributed by atoms with van der Waals surface area (Å²) in [7, 11) is -3.88. The summed E-state index contributed by atoms with van der Waals surface area (Å²) in [5.74, 6) is -0.581. The number of carbonyl (C=O) groups excluding carboxylic acids is 2. The molecule has 4 N–H and O–H groups in total. The summed E-state index contributed by atoms with van der Waals surface area (Å²) in [6.45, 7) is 1.51. The van der Waals surface area contributed by atoms with Crippen molar-refractivity contribution in [3.05, 3.63) is 83.0 Å². The van der Waals surface area contributed by atoms with E-state index >= 15 is 0 Å². The van der Waals surface area contributed by atoms with Crippen LogP contribution in [-0.4, -0.2) is 25.2 Å². The van der Waals surface area contributed by atoms with Crippen LogP contribution in [0.5, 0.6) is 0 Å². The van der Waals surface area contributed by atoms with Crippen molar-refractivity contribution in [2.75, 3.05) is 10.6 Å². The second kappa shape index (κ2) is 9.86. The molecule has 0 saturated carbocycles. The number of nitrogens with one attached hydrogen (secondary N) is 2. The number of rotatable bonds is 6. The first-order chi connectivity index (χ1) is 15.1. The van der Waals surface area contributed by atoms with Crippen LogP contribution in [0.25, 0.3) is 11.1 Å². The minimum atomic E-state index is -3.88. The first-order valence-corrected chi connectivity index (χ1v) is 11.6. The molecule has 32 heavy (non-hydrogen) atoms. The smallest absolute Gasteiger partial charge is 0.251 e. The summed E-state index contributed by atoms with van der Waals surface area (Å²) in [4.78, 5) is 28.6. The van der Waals surface area contributed by atoms with Gasteiger partial charge >= 0.3 is 0 Å². The summed E-state index contributed by atoms with van der Waals surface area (Å²) >= 11 is 3.26. The Morgan fingerprint density at radius 2 is 1.69 bits per heavy atom. The molecule has 164 valence electrons. The van der Waals surface area contributed by atoms with Crippen LogP contribution >= 0.6 is 15.9 Å². The van der Waals surface area contributed by atoms with Gasteiger partial charge in [-0.25, -0.2) is 18.5 Å². The molecule has 10 heteroatoms. The fourth-order valence-corrected chi connectivity index (χ4v) is 3.79. The van der Waals surface area contributed by atoms with E-state index in [1.165, 1.54) is 19.1 Å². The third-order valence-electron chi connectivity index (χ3n) is 4.33. The molecule has 1 heterocycles. The number of primary sulfonamides is 1. The van der Waals surface area contributed by atoms with Gasteiger partial charge in [0.05, 0.1) is 4.90 Å². The lowest BCUT2D eigenvalue weighted by atomic mass is 10.1. The third-order valence-corrected chi connectivity index (χ3v) is 5.77. The van der Waals surface area contributed by atoms with E-state index in [4.69, 9.17) is 5.14 Å². The van der Waals surface area contributed by atoms with Crippen LogP contribution in [0.2, 0.25) is 0 Å². The Bertz CT molecular complexity index is 1290. The van der Waals surface area contributed by atoms with Gasteiger partial charge in [0, 0.05) is 33.6 Å². The molecule has 2 amide bonds. The Morgan fingerprint density at radius 1 is 1.00 bits per heavy atom. The van der Waals surface area contributed by atoms with Crippen LogP contribution in [0.4, 0.5) is 11.5 Å². The zero-order chi connectivity index (χ0) is 23.3. The summed E-state index contributed by atoms with van der Waals surface area (Å²) in [6, 6.07) is 16.4. The fraction of sp³-hybridized carbons (Fsp3) is 0.0455. The Morgan fingerprint density at radius 3 is 2.31 bits per heavy atom. The van der Waals surface area contributed by atoms with Crippen LogP contribution in [0.3, 0.4) is 0 Å². The second-order valence-electron chi connectivity index (χ2n) is 6.75. The van der Waals surface area contributed by atoms with Crippen molar-refractivity contribution >= 4 is 49.3 Å². The van der Waals surface area contributed by atoms with Gasteiger partial charge < -0.3 is 10.6 Å². The van der Waals surface area contributed by atoms with E-state index in [1.54, 1.807) is 60.8 Å². The number of halogens is 1. The number of carbonyl (C=O) groups is 2. The first-order valence-electron chi connectivity index (χ1n) is 9.28. The summed E-state index contributed by atoms with van der Waals surface area (Å²) < 4.78 is 24.4. The molecule has 8 nitrogen and oxygen atoms in total. The molecule has 3 aromatic rings. The van der Waals surface area contributed by atoms with Crippen molar-refractivity contribution in [1.29, 1.82) is 0 Å². The molecular weight excluding hydrogens is 496 g/mol. The predicted octanol–water partition coefficient (Wildman–Crippen LogP) is 3.68. The molecule has 0 aliphatic rings. The van der Waals surface area contributed by atoms with Crippen molar-refractivity contribution in [3.8, 4) is 11.1 Å². The summed E-state index contributed by atoms with van der Waals surface area (Å²) in [6.07, 6.45) is 2.72. The van der Waals surface area contributed by atoms with Gasteiger partial charge in [-0.2, -0.15) is 0 Å². The molecule has 3 rings (SSSR count). The van der Waals surface area contributed by atoms with E-state index in [2.05, 4.69) is 31.5 Å². The summed E-state index contributed by atoms with van der Waals surface area (Å²) in [5.41, 5.74) is 1.77. The maximum Gasteiger partial charge on any atom is 0.251 e. The van der Waals surface area contributed by atoms with Crippen LogP contribution < -0.4 is 15.8 Å². The van der Waals surface area contributed by atoms with Gasteiger partial charge in [0.1, 0.15) is 5.82 Å². The Kier molecular flexibility index (Phi) is 7.18. The van der Waals surface area contributed by atoms with Crippen molar-refractivity contribution in [2.24, 2.45) is 5.14 Å². The van der Waals surface area contributed by atoms with E-state index in [-0.39, 0.29) is 10.5 Å². The topological polar surface area (TPSA) is 131 Å². The molecular formula is C22H19BrN4O4S. The number of aromatic nitrogens is 1. The number of pyridine rings is 1. The number of nitrogens with zero attached hydrogens (tertiary/aromatic N) is 1. The van der Waals surface area contributed by atoms with Crippen LogP contribution in [0, 0.1) is 0 Å². The molecule has 0 aliphatic heterocycles. The molecule has 0 fully saturated rings. The molecule has 0 radical (unpaired) electrons. The van der Waals surface area contributed by atoms with Crippen molar-refractivity contribution in [3.63, 3.8) is 0 Å². The lowest BCUT2D eigenvalue weighted by molar-refractivity contribution is -0.114. The number of benzene rings is 2. The number of nitrogens with two attached hydrogens (primary N) is 1. The summed E-state index contributed by atoms with van der Waals surface area (Å²) in [5, 5.41) is 10.6. The maximum absolute atomic E-state index is 12.4. The highest BCUT2D eigenvalue weighted by molar-refractivity contribution is 9.10. The first kappa shape index (κ1) is 23.3. The van der Waals surface area contributed by atoms with Gasteiger partial charge in [-0.3, -0.25) is 9.59 Å². The highest BCUT2D eigenvalue weighted by atomic mass is 79.9. The number of anilines is 2. The van der Waals surface area contributed by atoms with Crippen molar-refractivity contribution < 1.29 is 18.0 Å². The van der Waals surface area contributed by atoms with Crippen molar-refractivity contribution in [2.45, 2.75) is 11.8 Å². The number of sulfonamides is 1. The van der Waals surface area contributed by atoms with Gasteiger partial charge in [-0.1, -0.05) is 30.3 Å². The van der Waals surface area contributed by atoms with Crippen LogP contribution in [-0.2, 0) is 19.6 Å². The molecule has 0 saturated heterocycles. The largest absolute Gasteiger partial charge is 0.322 e. The van der Waals surface area contributed by atoms with E-state index in [1.807, 2.05) is 0 Å².